The minimum Gasteiger partial charge on any atom is -0.388 e. The molecule has 4 heteroatoms. The van der Waals surface area contributed by atoms with Crippen LogP contribution in [0.15, 0.2) is 24.3 Å². The molecule has 2 fully saturated rings. The highest BCUT2D eigenvalue weighted by atomic mass is 16.2. The quantitative estimate of drug-likeness (QED) is 0.927. The number of amides is 1. The van der Waals surface area contributed by atoms with Crippen molar-refractivity contribution in [3.8, 4) is 0 Å². The van der Waals surface area contributed by atoms with Crippen LogP contribution in [0.4, 0.5) is 5.69 Å². The molecule has 1 unspecified atom stereocenters. The van der Waals surface area contributed by atoms with E-state index < -0.39 is 0 Å². The smallest absolute Gasteiger partial charge is 0.253 e. The van der Waals surface area contributed by atoms with Crippen LogP contribution in [0.5, 0.6) is 0 Å². The van der Waals surface area contributed by atoms with Gasteiger partial charge in [0.1, 0.15) is 0 Å². The molecule has 4 nitrogen and oxygen atoms in total. The molecule has 1 amide bonds. The zero-order valence-electron chi connectivity index (χ0n) is 14.4. The van der Waals surface area contributed by atoms with Gasteiger partial charge in [0.15, 0.2) is 0 Å². The zero-order valence-corrected chi connectivity index (χ0v) is 14.4. The molecule has 1 N–H and O–H groups in total. The summed E-state index contributed by atoms with van der Waals surface area (Å²) < 4.78 is 0. The largest absolute Gasteiger partial charge is 0.388 e. The molecule has 1 aromatic rings. The highest BCUT2D eigenvalue weighted by Crippen LogP contribution is 2.27. The fraction of sp³-hybridized carbons (Fsp3) is 0.632. The van der Waals surface area contributed by atoms with Gasteiger partial charge in [-0.2, -0.15) is 0 Å². The molecule has 3 rings (SSSR count). The van der Waals surface area contributed by atoms with E-state index in [9.17, 15) is 4.79 Å². The topological polar surface area (TPSA) is 35.6 Å². The maximum Gasteiger partial charge on any atom is 0.253 e. The highest BCUT2D eigenvalue weighted by molar-refractivity contribution is 5.94. The van der Waals surface area contributed by atoms with E-state index in [2.05, 4.69) is 10.2 Å². The van der Waals surface area contributed by atoms with Crippen LogP contribution < -0.4 is 5.32 Å². The summed E-state index contributed by atoms with van der Waals surface area (Å²) in [6.45, 7) is 2.19. The summed E-state index contributed by atoms with van der Waals surface area (Å²) in [7, 11) is 3.85. The second-order valence-electron chi connectivity index (χ2n) is 6.97. The fourth-order valence-corrected chi connectivity index (χ4v) is 4.01. The Morgan fingerprint density at radius 3 is 2.48 bits per heavy atom. The molecule has 126 valence electrons. The van der Waals surface area contributed by atoms with Crippen molar-refractivity contribution >= 4 is 11.6 Å². The Labute approximate surface area is 139 Å². The SMILES string of the molecule is CNc1ccc(C(=O)N(C)C2CCN(C3CCCCC3)C2)cc1. The van der Waals surface area contributed by atoms with Gasteiger partial charge >= 0.3 is 0 Å². The molecule has 2 aliphatic rings. The molecule has 1 aliphatic heterocycles. The molecule has 1 saturated heterocycles. The monoisotopic (exact) mass is 315 g/mol. The fourth-order valence-electron chi connectivity index (χ4n) is 4.01. The first-order valence-electron chi connectivity index (χ1n) is 8.98. The molecule has 23 heavy (non-hydrogen) atoms. The Hall–Kier alpha value is -1.55. The number of nitrogens with one attached hydrogen (secondary N) is 1. The van der Waals surface area contributed by atoms with Gasteiger partial charge in [0.05, 0.1) is 0 Å². The van der Waals surface area contributed by atoms with Crippen LogP contribution in [-0.4, -0.2) is 55.0 Å². The Morgan fingerprint density at radius 2 is 1.83 bits per heavy atom. The molecule has 1 aliphatic carbocycles. The number of nitrogens with zero attached hydrogens (tertiary/aromatic N) is 2. The lowest BCUT2D eigenvalue weighted by atomic mass is 9.94. The Bertz CT molecular complexity index is 522. The lowest BCUT2D eigenvalue weighted by Gasteiger charge is -2.32. The van der Waals surface area contributed by atoms with Crippen molar-refractivity contribution in [2.24, 2.45) is 0 Å². The van der Waals surface area contributed by atoms with Crippen LogP contribution in [0, 0.1) is 0 Å². The van der Waals surface area contributed by atoms with Crippen LogP contribution in [0.25, 0.3) is 0 Å². The van der Waals surface area contributed by atoms with Crippen LogP contribution in [0.2, 0.25) is 0 Å². The maximum absolute atomic E-state index is 12.7. The van der Waals surface area contributed by atoms with Crippen LogP contribution in [0.1, 0.15) is 48.9 Å². The summed E-state index contributed by atoms with van der Waals surface area (Å²) in [4.78, 5) is 17.3. The van der Waals surface area contributed by atoms with Gasteiger partial charge in [-0.3, -0.25) is 9.69 Å². The zero-order chi connectivity index (χ0) is 16.2. The Balaban J connectivity index is 1.59. The van der Waals surface area contributed by atoms with E-state index in [4.69, 9.17) is 0 Å². The van der Waals surface area contributed by atoms with Crippen LogP contribution in [-0.2, 0) is 0 Å². The van der Waals surface area contributed by atoms with Gasteiger partial charge in [0, 0.05) is 50.5 Å². The van der Waals surface area contributed by atoms with E-state index in [0.717, 1.165) is 36.8 Å². The van der Waals surface area contributed by atoms with Crippen LogP contribution >= 0.6 is 0 Å². The normalized spacial score (nSPS) is 23.0. The summed E-state index contributed by atoms with van der Waals surface area (Å²) in [5.41, 5.74) is 1.82. The summed E-state index contributed by atoms with van der Waals surface area (Å²) >= 11 is 0. The number of benzene rings is 1. The first kappa shape index (κ1) is 16.3. The van der Waals surface area contributed by atoms with Crippen molar-refractivity contribution in [3.05, 3.63) is 29.8 Å². The molecular weight excluding hydrogens is 286 g/mol. The summed E-state index contributed by atoms with van der Waals surface area (Å²) in [6.07, 6.45) is 7.94. The lowest BCUT2D eigenvalue weighted by Crippen LogP contribution is -2.41. The third kappa shape index (κ3) is 3.69. The van der Waals surface area contributed by atoms with Gasteiger partial charge in [-0.1, -0.05) is 19.3 Å². The summed E-state index contributed by atoms with van der Waals surface area (Å²) in [6, 6.07) is 8.87. The van der Waals surface area contributed by atoms with E-state index >= 15 is 0 Å². The number of hydrogen-bond donors (Lipinski definition) is 1. The number of hydrogen-bond acceptors (Lipinski definition) is 3. The Morgan fingerprint density at radius 1 is 1.13 bits per heavy atom. The van der Waals surface area contributed by atoms with Gasteiger partial charge in [-0.15, -0.1) is 0 Å². The maximum atomic E-state index is 12.7. The molecule has 0 spiro atoms. The highest BCUT2D eigenvalue weighted by Gasteiger charge is 2.32. The van der Waals surface area contributed by atoms with Gasteiger partial charge in [-0.05, 0) is 43.5 Å². The van der Waals surface area contributed by atoms with E-state index in [1.807, 2.05) is 43.3 Å². The number of anilines is 1. The van der Waals surface area contributed by atoms with Crippen molar-refractivity contribution in [2.75, 3.05) is 32.5 Å². The molecule has 0 aromatic heterocycles. The second kappa shape index (κ2) is 7.35. The van der Waals surface area contributed by atoms with Gasteiger partial charge in [0.2, 0.25) is 0 Å². The first-order chi connectivity index (χ1) is 11.2. The number of rotatable bonds is 4. The average Bonchev–Trinajstić information content (AvgIpc) is 3.11. The van der Waals surface area contributed by atoms with Crippen molar-refractivity contribution in [2.45, 2.75) is 50.6 Å². The Kier molecular flexibility index (Phi) is 5.21. The second-order valence-corrected chi connectivity index (χ2v) is 6.97. The van der Waals surface area contributed by atoms with Crippen LogP contribution in [0.3, 0.4) is 0 Å². The van der Waals surface area contributed by atoms with E-state index in [1.54, 1.807) is 0 Å². The first-order valence-corrected chi connectivity index (χ1v) is 8.98. The average molecular weight is 315 g/mol. The summed E-state index contributed by atoms with van der Waals surface area (Å²) in [5, 5.41) is 3.09. The standard InChI is InChI=1S/C19H29N3O/c1-20-16-10-8-15(9-11-16)19(23)21(2)18-12-13-22(14-18)17-6-4-3-5-7-17/h8-11,17-18,20H,3-7,12-14H2,1-2H3. The molecule has 1 atom stereocenters. The number of likely N-dealkylation sites (N-methyl/N-ethyl adjacent to an activating group) is 1. The predicted octanol–water partition coefficient (Wildman–Crippen LogP) is 3.21. The molecular formula is C19H29N3O. The van der Waals surface area contributed by atoms with E-state index in [-0.39, 0.29) is 5.91 Å². The van der Waals surface area contributed by atoms with E-state index in [0.29, 0.717) is 6.04 Å². The minimum atomic E-state index is 0.142. The number of carbonyl (C=O) groups excluding carboxylic acids is 1. The molecule has 1 heterocycles. The van der Waals surface area contributed by atoms with Gasteiger partial charge in [-0.25, -0.2) is 0 Å². The predicted molar refractivity (Wildman–Crippen MR) is 94.9 cm³/mol. The number of carbonyl (C=O) groups is 1. The molecule has 1 saturated carbocycles. The number of likely N-dealkylation sites (tertiary alicyclic amines) is 1. The third-order valence-electron chi connectivity index (χ3n) is 5.57. The lowest BCUT2D eigenvalue weighted by molar-refractivity contribution is 0.0726. The van der Waals surface area contributed by atoms with E-state index in [1.165, 1.54) is 32.1 Å². The van der Waals surface area contributed by atoms with Crippen molar-refractivity contribution < 1.29 is 4.79 Å². The molecule has 1 aromatic carbocycles. The van der Waals surface area contributed by atoms with Crippen molar-refractivity contribution in [3.63, 3.8) is 0 Å². The van der Waals surface area contributed by atoms with Crippen molar-refractivity contribution in [1.29, 1.82) is 0 Å². The van der Waals surface area contributed by atoms with Gasteiger partial charge < -0.3 is 10.2 Å². The molecule has 0 radical (unpaired) electrons. The molecule has 0 bridgehead atoms. The van der Waals surface area contributed by atoms with Crippen molar-refractivity contribution in [1.82, 2.24) is 9.80 Å². The summed E-state index contributed by atoms with van der Waals surface area (Å²) in [5.74, 6) is 0.142. The van der Waals surface area contributed by atoms with Gasteiger partial charge in [0.25, 0.3) is 5.91 Å². The third-order valence-corrected chi connectivity index (χ3v) is 5.57. The minimum absolute atomic E-state index is 0.142.